The van der Waals surface area contributed by atoms with Crippen molar-refractivity contribution in [1.29, 1.82) is 0 Å². The third-order valence-corrected chi connectivity index (χ3v) is 12.0. The average molecular weight is 714 g/mol. The zero-order valence-corrected chi connectivity index (χ0v) is 28.5. The molecule has 4 amide bonds. The SMILES string of the molecule is C[C@@]12C(=O)N(c3ccccc3)C(=O)[C@@H]1C[C@@H]1C(=CC[C@@H]3C(=O)N(C4CCN(Cc5ccccc5)CC4)C(=O)[C@@H]31)[C@@H]2c1cc(OC(F)(F)F)ccc1O. The summed E-state index contributed by atoms with van der Waals surface area (Å²) >= 11 is 0. The average Bonchev–Trinajstić information content (AvgIpc) is 3.49. The Kier molecular flexibility index (Phi) is 8.28. The third kappa shape index (κ3) is 5.50. The van der Waals surface area contributed by atoms with Gasteiger partial charge in [-0.05, 0) is 74.4 Å². The van der Waals surface area contributed by atoms with Crippen molar-refractivity contribution < 1.29 is 42.2 Å². The van der Waals surface area contributed by atoms with Gasteiger partial charge in [0, 0.05) is 37.2 Å². The first kappa shape index (κ1) is 34.1. The van der Waals surface area contributed by atoms with Crippen LogP contribution in [0.1, 0.15) is 49.7 Å². The second-order valence-corrected chi connectivity index (χ2v) is 14.8. The summed E-state index contributed by atoms with van der Waals surface area (Å²) < 4.78 is 44.4. The van der Waals surface area contributed by atoms with E-state index in [9.17, 15) is 37.5 Å². The van der Waals surface area contributed by atoms with Gasteiger partial charge in [0.1, 0.15) is 11.5 Å². The maximum absolute atomic E-state index is 14.6. The Morgan fingerprint density at radius 1 is 0.865 bits per heavy atom. The van der Waals surface area contributed by atoms with Crippen LogP contribution in [0.3, 0.4) is 0 Å². The van der Waals surface area contributed by atoms with Gasteiger partial charge in [-0.1, -0.05) is 60.2 Å². The van der Waals surface area contributed by atoms with Gasteiger partial charge in [-0.2, -0.15) is 0 Å². The molecule has 0 aromatic heterocycles. The monoisotopic (exact) mass is 713 g/mol. The predicted octanol–water partition coefficient (Wildman–Crippen LogP) is 6.19. The van der Waals surface area contributed by atoms with Gasteiger partial charge in [-0.3, -0.25) is 29.0 Å². The number of fused-ring (bicyclic) bond motifs is 4. The number of hydrogen-bond donors (Lipinski definition) is 1. The number of piperidine rings is 1. The molecule has 3 aromatic rings. The summed E-state index contributed by atoms with van der Waals surface area (Å²) in [5.41, 5.74) is 0.547. The lowest BCUT2D eigenvalue weighted by Crippen LogP contribution is -2.49. The van der Waals surface area contributed by atoms with E-state index in [-0.39, 0.29) is 42.0 Å². The highest BCUT2D eigenvalue weighted by molar-refractivity contribution is 6.24. The number of carbonyl (C=O) groups is 4. The van der Waals surface area contributed by atoms with Crippen LogP contribution in [0.2, 0.25) is 0 Å². The number of imide groups is 2. The lowest BCUT2D eigenvalue weighted by atomic mass is 9.51. The summed E-state index contributed by atoms with van der Waals surface area (Å²) in [7, 11) is 0. The number of phenols is 1. The van der Waals surface area contributed by atoms with Crippen LogP contribution in [0.4, 0.5) is 18.9 Å². The highest BCUT2D eigenvalue weighted by Crippen LogP contribution is 2.64. The molecule has 0 radical (unpaired) electrons. The number of carbonyl (C=O) groups excluding carboxylic acids is 4. The number of rotatable bonds is 6. The number of aromatic hydroxyl groups is 1. The Hall–Kier alpha value is -4.97. The fourth-order valence-corrected chi connectivity index (χ4v) is 9.70. The minimum Gasteiger partial charge on any atom is -0.508 e. The second kappa shape index (κ2) is 12.6. The van der Waals surface area contributed by atoms with Crippen molar-refractivity contribution in [2.45, 2.75) is 57.5 Å². The Labute approximate surface area is 298 Å². The molecule has 3 aromatic carbocycles. The van der Waals surface area contributed by atoms with E-state index in [0.29, 0.717) is 37.2 Å². The van der Waals surface area contributed by atoms with Crippen molar-refractivity contribution in [2.24, 2.45) is 29.1 Å². The number of phenolic OH excluding ortho intramolecular Hbond substituents is 1. The summed E-state index contributed by atoms with van der Waals surface area (Å²) in [4.78, 5) is 62.3. The Balaban J connectivity index is 1.15. The van der Waals surface area contributed by atoms with E-state index < -0.39 is 58.9 Å². The Bertz CT molecular complexity index is 1960. The quantitative estimate of drug-likeness (QED) is 0.240. The lowest BCUT2D eigenvalue weighted by molar-refractivity contribution is -0.274. The number of allylic oxidation sites excluding steroid dienone is 2. The molecule has 4 fully saturated rings. The topological polar surface area (TPSA) is 107 Å². The molecule has 9 nitrogen and oxygen atoms in total. The van der Waals surface area contributed by atoms with Crippen LogP contribution in [-0.4, -0.2) is 64.0 Å². The zero-order chi connectivity index (χ0) is 36.5. The molecule has 0 unspecified atom stereocenters. The van der Waals surface area contributed by atoms with E-state index in [0.717, 1.165) is 29.6 Å². The minimum absolute atomic E-state index is 0.0147. The molecule has 3 heterocycles. The molecule has 1 N–H and O–H groups in total. The van der Waals surface area contributed by atoms with E-state index in [4.69, 9.17) is 0 Å². The van der Waals surface area contributed by atoms with Crippen molar-refractivity contribution in [2.75, 3.05) is 18.0 Å². The minimum atomic E-state index is -5.02. The first-order chi connectivity index (χ1) is 24.9. The number of ether oxygens (including phenoxy) is 1. The number of benzene rings is 3. The maximum Gasteiger partial charge on any atom is 0.573 e. The number of para-hydroxylation sites is 1. The zero-order valence-electron chi connectivity index (χ0n) is 28.5. The molecule has 5 aliphatic rings. The summed E-state index contributed by atoms with van der Waals surface area (Å²) in [6.07, 6.45) is -1.68. The summed E-state index contributed by atoms with van der Waals surface area (Å²) in [6.45, 7) is 3.81. The Morgan fingerprint density at radius 3 is 2.21 bits per heavy atom. The molecule has 52 heavy (non-hydrogen) atoms. The van der Waals surface area contributed by atoms with Crippen LogP contribution in [0.25, 0.3) is 0 Å². The molecule has 3 aliphatic heterocycles. The standard InChI is InChI=1S/C40H38F3N3O6/c1-39-31(36(49)46(38(39)51)24-10-6-3-7-11-24)21-29-27(34(39)30-20-26(12-15-32(30)47)52-40(41,42)43)13-14-28-33(29)37(50)45(35(28)48)25-16-18-44(19-17-25)22-23-8-4-2-5-9-23/h2-13,15,20,25,28-29,31,33-34,47H,14,16-19,21-22H2,1H3/t28-,29+,31-,33-,34+,39+/m0/s1. The van der Waals surface area contributed by atoms with Gasteiger partial charge in [0.25, 0.3) is 0 Å². The predicted molar refractivity (Wildman–Crippen MR) is 182 cm³/mol. The van der Waals surface area contributed by atoms with Gasteiger partial charge in [0.15, 0.2) is 0 Å². The highest BCUT2D eigenvalue weighted by atomic mass is 19.4. The van der Waals surface area contributed by atoms with Crippen molar-refractivity contribution in [1.82, 2.24) is 9.80 Å². The number of amides is 4. The number of anilines is 1. The highest BCUT2D eigenvalue weighted by Gasteiger charge is 2.68. The molecule has 0 bridgehead atoms. The number of halogens is 3. The first-order valence-corrected chi connectivity index (χ1v) is 17.7. The molecule has 0 spiro atoms. The van der Waals surface area contributed by atoms with Gasteiger partial charge in [-0.15, -0.1) is 13.2 Å². The van der Waals surface area contributed by atoms with Crippen molar-refractivity contribution in [3.63, 3.8) is 0 Å². The van der Waals surface area contributed by atoms with Gasteiger partial charge in [0.05, 0.1) is 28.9 Å². The number of alkyl halides is 3. The summed E-state index contributed by atoms with van der Waals surface area (Å²) in [5.74, 6) is -6.81. The molecule has 12 heteroatoms. The molecule has 270 valence electrons. The second-order valence-electron chi connectivity index (χ2n) is 14.8. The molecule has 2 aliphatic carbocycles. The summed E-state index contributed by atoms with van der Waals surface area (Å²) in [6, 6.07) is 21.3. The van der Waals surface area contributed by atoms with Crippen LogP contribution >= 0.6 is 0 Å². The van der Waals surface area contributed by atoms with Gasteiger partial charge in [-0.25, -0.2) is 4.90 Å². The van der Waals surface area contributed by atoms with Gasteiger partial charge >= 0.3 is 6.36 Å². The van der Waals surface area contributed by atoms with Crippen LogP contribution in [0.15, 0.2) is 90.5 Å². The maximum atomic E-state index is 14.6. The number of likely N-dealkylation sites (tertiary alicyclic amines) is 2. The molecular formula is C40H38F3N3O6. The number of nitrogens with zero attached hydrogens (tertiary/aromatic N) is 3. The van der Waals surface area contributed by atoms with Crippen molar-refractivity contribution in [3.8, 4) is 11.5 Å². The normalized spacial score (nSPS) is 29.5. The van der Waals surface area contributed by atoms with Crippen molar-refractivity contribution >= 4 is 29.3 Å². The fourth-order valence-electron chi connectivity index (χ4n) is 9.70. The molecule has 3 saturated heterocycles. The van der Waals surface area contributed by atoms with E-state index in [1.807, 2.05) is 24.3 Å². The van der Waals surface area contributed by atoms with E-state index >= 15 is 0 Å². The van der Waals surface area contributed by atoms with Crippen molar-refractivity contribution in [3.05, 3.63) is 102 Å². The molecular weight excluding hydrogens is 675 g/mol. The van der Waals surface area contributed by atoms with Gasteiger partial charge in [0.2, 0.25) is 23.6 Å². The first-order valence-electron chi connectivity index (χ1n) is 17.7. The third-order valence-electron chi connectivity index (χ3n) is 12.0. The van der Waals surface area contributed by atoms with E-state index in [2.05, 4.69) is 21.8 Å². The van der Waals surface area contributed by atoms with Crippen LogP contribution in [0.5, 0.6) is 11.5 Å². The van der Waals surface area contributed by atoms with Crippen LogP contribution < -0.4 is 9.64 Å². The molecule has 6 atom stereocenters. The molecule has 1 saturated carbocycles. The van der Waals surface area contributed by atoms with Crippen LogP contribution in [0, 0.1) is 29.1 Å². The molecule has 8 rings (SSSR count). The largest absolute Gasteiger partial charge is 0.573 e. The lowest BCUT2D eigenvalue weighted by Gasteiger charge is -2.49. The summed E-state index contributed by atoms with van der Waals surface area (Å²) in [5, 5.41) is 11.2. The smallest absolute Gasteiger partial charge is 0.508 e. The van der Waals surface area contributed by atoms with Crippen LogP contribution in [-0.2, 0) is 25.7 Å². The Morgan fingerprint density at radius 2 is 1.54 bits per heavy atom. The van der Waals surface area contributed by atoms with Gasteiger partial charge < -0.3 is 9.84 Å². The van der Waals surface area contributed by atoms with E-state index in [1.54, 1.807) is 37.3 Å². The fraction of sp³-hybridized carbons (Fsp3) is 0.400. The van der Waals surface area contributed by atoms with E-state index in [1.165, 1.54) is 10.5 Å². The number of hydrogen-bond acceptors (Lipinski definition) is 7.